The summed E-state index contributed by atoms with van der Waals surface area (Å²) in [7, 11) is 1.64. The molecular formula is C22H29N5O4S. The van der Waals surface area contributed by atoms with Crippen molar-refractivity contribution < 1.29 is 19.1 Å². The maximum absolute atomic E-state index is 12.2. The number of oxazole rings is 1. The van der Waals surface area contributed by atoms with Gasteiger partial charge in [-0.05, 0) is 46.2 Å². The molecule has 172 valence electrons. The molecule has 3 N–H and O–H groups in total. The zero-order valence-corrected chi connectivity index (χ0v) is 20.0. The van der Waals surface area contributed by atoms with Crippen molar-refractivity contribution in [1.82, 2.24) is 15.3 Å². The summed E-state index contributed by atoms with van der Waals surface area (Å²) in [6.45, 7) is 9.59. The molecule has 3 heterocycles. The molecule has 32 heavy (non-hydrogen) atoms. The highest BCUT2D eigenvalue weighted by atomic mass is 32.1. The van der Waals surface area contributed by atoms with E-state index >= 15 is 0 Å². The second-order valence-electron chi connectivity index (χ2n) is 8.87. The van der Waals surface area contributed by atoms with Gasteiger partial charge in [-0.15, -0.1) is 0 Å². The van der Waals surface area contributed by atoms with Crippen LogP contribution in [-0.4, -0.2) is 46.4 Å². The van der Waals surface area contributed by atoms with Crippen LogP contribution >= 0.6 is 11.3 Å². The topological polar surface area (TPSA) is 113 Å². The van der Waals surface area contributed by atoms with Crippen molar-refractivity contribution in [3.8, 4) is 5.75 Å². The first-order valence-corrected chi connectivity index (χ1v) is 11.4. The van der Waals surface area contributed by atoms with Gasteiger partial charge in [-0.25, -0.2) is 9.78 Å². The quantitative estimate of drug-likeness (QED) is 0.528. The van der Waals surface area contributed by atoms with E-state index in [1.54, 1.807) is 21.0 Å². The highest BCUT2D eigenvalue weighted by Gasteiger charge is 2.35. The van der Waals surface area contributed by atoms with Gasteiger partial charge >= 0.3 is 6.03 Å². The van der Waals surface area contributed by atoms with Crippen LogP contribution in [0.15, 0.2) is 16.5 Å². The Morgan fingerprint density at radius 2 is 2.12 bits per heavy atom. The van der Waals surface area contributed by atoms with Crippen molar-refractivity contribution in [2.24, 2.45) is 0 Å². The lowest BCUT2D eigenvalue weighted by Gasteiger charge is -2.36. The van der Waals surface area contributed by atoms with E-state index < -0.39 is 5.60 Å². The summed E-state index contributed by atoms with van der Waals surface area (Å²) in [6, 6.07) is 4.10. The molecule has 1 aliphatic rings. The van der Waals surface area contributed by atoms with E-state index in [4.69, 9.17) is 14.1 Å². The van der Waals surface area contributed by atoms with E-state index in [1.807, 2.05) is 19.1 Å². The van der Waals surface area contributed by atoms with E-state index in [9.17, 15) is 9.90 Å². The minimum Gasteiger partial charge on any atom is -0.496 e. The van der Waals surface area contributed by atoms with Crippen LogP contribution < -0.4 is 20.3 Å². The number of fused-ring (bicyclic) bond motifs is 2. The lowest BCUT2D eigenvalue weighted by Crippen LogP contribution is -2.41. The van der Waals surface area contributed by atoms with Gasteiger partial charge in [-0.1, -0.05) is 11.3 Å². The normalized spacial score (nSPS) is 18.5. The number of anilines is 2. The number of amides is 2. The number of hydrogen-bond donors (Lipinski definition) is 3. The Hall–Kier alpha value is -2.85. The maximum atomic E-state index is 12.2. The molecule has 2 aromatic heterocycles. The second-order valence-corrected chi connectivity index (χ2v) is 9.90. The fraction of sp³-hybridized carbons (Fsp3) is 0.500. The fourth-order valence-corrected chi connectivity index (χ4v) is 4.98. The minimum atomic E-state index is -0.980. The summed E-state index contributed by atoms with van der Waals surface area (Å²) in [6.07, 6.45) is 0.713. The zero-order valence-electron chi connectivity index (χ0n) is 19.1. The molecule has 3 aromatic rings. The Morgan fingerprint density at radius 3 is 2.81 bits per heavy atom. The molecule has 0 bridgehead atoms. The number of carbonyl (C=O) groups is 1. The van der Waals surface area contributed by atoms with Crippen LogP contribution in [0.5, 0.6) is 5.75 Å². The van der Waals surface area contributed by atoms with E-state index in [0.29, 0.717) is 17.6 Å². The van der Waals surface area contributed by atoms with Crippen molar-refractivity contribution in [3.63, 3.8) is 0 Å². The number of thiazole rings is 1. The van der Waals surface area contributed by atoms with Gasteiger partial charge in [0.15, 0.2) is 10.7 Å². The molecule has 0 fully saturated rings. The SMILES string of the molecule is COc1cc2nc(N3[C@H](C)Cc4nc(NC(=O)NCC(C)(C)O)sc4[C@@H]3C)oc2cc1C. The van der Waals surface area contributed by atoms with Crippen molar-refractivity contribution in [2.45, 2.75) is 58.7 Å². The Morgan fingerprint density at radius 1 is 1.38 bits per heavy atom. The summed E-state index contributed by atoms with van der Waals surface area (Å²) >= 11 is 1.44. The summed E-state index contributed by atoms with van der Waals surface area (Å²) in [5, 5.41) is 15.7. The first kappa shape index (κ1) is 22.3. The van der Waals surface area contributed by atoms with Crippen molar-refractivity contribution in [1.29, 1.82) is 0 Å². The van der Waals surface area contributed by atoms with Crippen LogP contribution in [0.25, 0.3) is 11.1 Å². The number of carbonyl (C=O) groups excluding carboxylic acids is 1. The first-order chi connectivity index (χ1) is 15.1. The van der Waals surface area contributed by atoms with Crippen molar-refractivity contribution >= 4 is 39.6 Å². The third-order valence-electron chi connectivity index (χ3n) is 5.50. The molecule has 0 spiro atoms. The zero-order chi connectivity index (χ0) is 23.2. The van der Waals surface area contributed by atoms with Gasteiger partial charge in [0.25, 0.3) is 6.01 Å². The molecule has 0 saturated carbocycles. The van der Waals surface area contributed by atoms with E-state index in [2.05, 4.69) is 34.4 Å². The Kier molecular flexibility index (Phi) is 5.76. The molecule has 0 radical (unpaired) electrons. The number of hydrogen-bond acceptors (Lipinski definition) is 8. The van der Waals surface area contributed by atoms with E-state index in [-0.39, 0.29) is 24.7 Å². The average Bonchev–Trinajstić information content (AvgIpc) is 3.28. The molecule has 10 heteroatoms. The van der Waals surface area contributed by atoms with E-state index in [0.717, 1.165) is 33.0 Å². The van der Waals surface area contributed by atoms with Gasteiger partial charge in [0.05, 0.1) is 29.3 Å². The Labute approximate surface area is 190 Å². The Bertz CT molecular complexity index is 1150. The minimum absolute atomic E-state index is 0.0164. The predicted octanol–water partition coefficient (Wildman–Crippen LogP) is 4.01. The summed E-state index contributed by atoms with van der Waals surface area (Å²) < 4.78 is 11.5. The van der Waals surface area contributed by atoms with Crippen LogP contribution in [0.4, 0.5) is 15.9 Å². The number of ether oxygens (including phenoxy) is 1. The molecule has 0 unspecified atom stereocenters. The standard InChI is InChI=1S/C22H29N5O4S/c1-11-7-17-14(9-16(11)30-6)25-21(31-17)27-12(2)8-15-18(13(27)3)32-20(24-15)26-19(28)23-10-22(4,5)29/h7,9,12-13,29H,8,10H2,1-6H3,(H2,23,24,26,28)/t12-,13+/m1/s1. The highest BCUT2D eigenvalue weighted by Crippen LogP contribution is 2.41. The monoisotopic (exact) mass is 459 g/mol. The summed E-state index contributed by atoms with van der Waals surface area (Å²) in [5.41, 5.74) is 2.45. The first-order valence-electron chi connectivity index (χ1n) is 10.6. The number of benzene rings is 1. The maximum Gasteiger partial charge on any atom is 0.321 e. The molecule has 0 saturated heterocycles. The number of urea groups is 1. The molecule has 2 amide bonds. The number of aromatic nitrogens is 2. The molecule has 9 nitrogen and oxygen atoms in total. The van der Waals surface area contributed by atoms with Gasteiger partial charge in [0.1, 0.15) is 11.3 Å². The summed E-state index contributed by atoms with van der Waals surface area (Å²) in [4.78, 5) is 24.7. The van der Waals surface area contributed by atoms with E-state index in [1.165, 1.54) is 11.3 Å². The predicted molar refractivity (Wildman–Crippen MR) is 125 cm³/mol. The van der Waals surface area contributed by atoms with Crippen molar-refractivity contribution in [2.75, 3.05) is 23.9 Å². The molecular weight excluding hydrogens is 430 g/mol. The number of methoxy groups -OCH3 is 1. The number of nitrogens with zero attached hydrogens (tertiary/aromatic N) is 3. The number of rotatable bonds is 5. The van der Waals surface area contributed by atoms with Crippen molar-refractivity contribution in [3.05, 3.63) is 28.3 Å². The molecule has 2 atom stereocenters. The average molecular weight is 460 g/mol. The Balaban J connectivity index is 1.56. The molecule has 4 rings (SSSR count). The highest BCUT2D eigenvalue weighted by molar-refractivity contribution is 7.16. The van der Waals surface area contributed by atoms with Gasteiger partial charge in [0.2, 0.25) is 0 Å². The van der Waals surface area contributed by atoms with Crippen LogP contribution in [0.3, 0.4) is 0 Å². The number of nitrogens with one attached hydrogen (secondary N) is 2. The third kappa shape index (κ3) is 4.37. The number of aliphatic hydroxyl groups is 1. The fourth-order valence-electron chi connectivity index (χ4n) is 3.94. The van der Waals surface area contributed by atoms with Gasteiger partial charge < -0.3 is 24.5 Å². The smallest absolute Gasteiger partial charge is 0.321 e. The lowest BCUT2D eigenvalue weighted by molar-refractivity contribution is 0.0826. The van der Waals surface area contributed by atoms with Crippen LogP contribution in [0.2, 0.25) is 0 Å². The van der Waals surface area contributed by atoms with Gasteiger partial charge in [0, 0.05) is 25.1 Å². The third-order valence-corrected chi connectivity index (χ3v) is 6.69. The molecule has 0 aliphatic carbocycles. The largest absolute Gasteiger partial charge is 0.496 e. The van der Waals surface area contributed by atoms with Gasteiger partial charge in [-0.3, -0.25) is 5.32 Å². The van der Waals surface area contributed by atoms with Crippen LogP contribution in [-0.2, 0) is 6.42 Å². The van der Waals surface area contributed by atoms with Gasteiger partial charge in [-0.2, -0.15) is 4.98 Å². The molecule has 1 aromatic carbocycles. The number of aryl methyl sites for hydroxylation is 1. The van der Waals surface area contributed by atoms with Crippen LogP contribution in [0.1, 0.15) is 49.9 Å². The second kappa shape index (κ2) is 8.25. The van der Waals surface area contributed by atoms with Crippen LogP contribution in [0, 0.1) is 6.92 Å². The molecule has 1 aliphatic heterocycles. The summed E-state index contributed by atoms with van der Waals surface area (Å²) in [5.74, 6) is 0.778. The lowest BCUT2D eigenvalue weighted by atomic mass is 10.0.